The van der Waals surface area contributed by atoms with Gasteiger partial charge in [-0.3, -0.25) is 4.90 Å². The summed E-state index contributed by atoms with van der Waals surface area (Å²) in [4.78, 5) is 5.66. The van der Waals surface area contributed by atoms with Gasteiger partial charge in [0.15, 0.2) is 11.6 Å². The summed E-state index contributed by atoms with van der Waals surface area (Å²) in [5, 5.41) is 3.18. The first-order valence-corrected chi connectivity index (χ1v) is 7.08. The third-order valence-electron chi connectivity index (χ3n) is 3.40. The van der Waals surface area contributed by atoms with Crippen molar-refractivity contribution in [2.75, 3.05) is 38.1 Å². The summed E-state index contributed by atoms with van der Waals surface area (Å²) in [7, 11) is 0. The molecule has 0 saturated carbocycles. The number of hydrogen-bond donors (Lipinski definition) is 1. The van der Waals surface area contributed by atoms with Crippen molar-refractivity contribution in [1.29, 1.82) is 0 Å². The summed E-state index contributed by atoms with van der Waals surface area (Å²) in [5.41, 5.74) is 0. The first kappa shape index (κ1) is 15.9. The Labute approximate surface area is 122 Å². The number of ether oxygens (including phenoxy) is 1. The number of anilines is 1. The van der Waals surface area contributed by atoms with E-state index in [1.54, 1.807) is 12.3 Å². The maximum Gasteiger partial charge on any atom is 0.401 e. The lowest BCUT2D eigenvalue weighted by atomic mass is 10.1. The van der Waals surface area contributed by atoms with E-state index in [2.05, 4.69) is 10.3 Å². The predicted octanol–water partition coefficient (Wildman–Crippen LogP) is 2.78. The topological polar surface area (TPSA) is 37.4 Å². The number of pyridine rings is 1. The van der Waals surface area contributed by atoms with Crippen molar-refractivity contribution in [2.24, 2.45) is 5.92 Å². The molecule has 2 heterocycles. The zero-order valence-corrected chi connectivity index (χ0v) is 12.0. The Hall–Kier alpha value is -1.50. The second kappa shape index (κ2) is 6.98. The van der Waals surface area contributed by atoms with Gasteiger partial charge in [0.25, 0.3) is 0 Å². The monoisotopic (exact) mass is 303 g/mol. The molecule has 1 N–H and O–H groups in total. The Morgan fingerprint density at radius 2 is 2.29 bits per heavy atom. The standard InChI is InChI=1S/C14H20F3N3O/c1-2-21-12-4-3-6-18-13(12)19-8-11-5-7-20(9-11)10-14(15,16)17/h3-4,6,11H,2,5,7-10H2,1H3,(H,18,19). The molecule has 4 nitrogen and oxygen atoms in total. The van der Waals surface area contributed by atoms with E-state index >= 15 is 0 Å². The molecule has 0 bridgehead atoms. The molecule has 1 saturated heterocycles. The highest BCUT2D eigenvalue weighted by atomic mass is 19.4. The smallest absolute Gasteiger partial charge is 0.401 e. The number of alkyl halides is 3. The summed E-state index contributed by atoms with van der Waals surface area (Å²) in [6.45, 7) is 3.17. The molecular formula is C14H20F3N3O. The number of nitrogens with zero attached hydrogens (tertiary/aromatic N) is 2. The summed E-state index contributed by atoms with van der Waals surface area (Å²) in [5.74, 6) is 1.52. The number of aromatic nitrogens is 1. The van der Waals surface area contributed by atoms with Crippen LogP contribution in [0.5, 0.6) is 5.75 Å². The van der Waals surface area contributed by atoms with E-state index in [-0.39, 0.29) is 5.92 Å². The Kier molecular flexibility index (Phi) is 5.27. The Morgan fingerprint density at radius 1 is 1.48 bits per heavy atom. The van der Waals surface area contributed by atoms with E-state index in [4.69, 9.17) is 4.74 Å². The average Bonchev–Trinajstić information content (AvgIpc) is 2.83. The molecule has 1 aliphatic rings. The van der Waals surface area contributed by atoms with Gasteiger partial charge in [0, 0.05) is 19.3 Å². The van der Waals surface area contributed by atoms with Crippen molar-refractivity contribution < 1.29 is 17.9 Å². The predicted molar refractivity (Wildman–Crippen MR) is 74.5 cm³/mol. The van der Waals surface area contributed by atoms with Crippen LogP contribution in [-0.4, -0.2) is 48.8 Å². The zero-order valence-electron chi connectivity index (χ0n) is 12.0. The fourth-order valence-electron chi connectivity index (χ4n) is 2.51. The summed E-state index contributed by atoms with van der Waals surface area (Å²) in [6.07, 6.45) is -1.69. The lowest BCUT2D eigenvalue weighted by Crippen LogP contribution is -2.33. The van der Waals surface area contributed by atoms with E-state index < -0.39 is 12.7 Å². The van der Waals surface area contributed by atoms with Crippen LogP contribution in [0.15, 0.2) is 18.3 Å². The molecule has 0 radical (unpaired) electrons. The SMILES string of the molecule is CCOc1cccnc1NCC1CCN(CC(F)(F)F)C1. The van der Waals surface area contributed by atoms with Crippen LogP contribution >= 0.6 is 0 Å². The Morgan fingerprint density at radius 3 is 3.00 bits per heavy atom. The third kappa shape index (κ3) is 5.08. The van der Waals surface area contributed by atoms with Crippen LogP contribution in [0.25, 0.3) is 0 Å². The van der Waals surface area contributed by atoms with Crippen LogP contribution in [0.4, 0.5) is 19.0 Å². The minimum atomic E-state index is -4.12. The van der Waals surface area contributed by atoms with E-state index in [1.807, 2.05) is 13.0 Å². The van der Waals surface area contributed by atoms with Crippen molar-refractivity contribution in [3.63, 3.8) is 0 Å². The van der Waals surface area contributed by atoms with Gasteiger partial charge in [-0.05, 0) is 37.9 Å². The maximum atomic E-state index is 12.3. The van der Waals surface area contributed by atoms with E-state index in [1.165, 1.54) is 4.90 Å². The van der Waals surface area contributed by atoms with Crippen LogP contribution in [0.1, 0.15) is 13.3 Å². The van der Waals surface area contributed by atoms with Gasteiger partial charge in [0.2, 0.25) is 0 Å². The summed E-state index contributed by atoms with van der Waals surface area (Å²) in [6, 6.07) is 3.61. The molecule has 1 aromatic rings. The first-order valence-electron chi connectivity index (χ1n) is 7.08. The molecule has 118 valence electrons. The first-order chi connectivity index (χ1) is 9.98. The highest BCUT2D eigenvalue weighted by molar-refractivity contribution is 5.49. The van der Waals surface area contributed by atoms with Crippen LogP contribution < -0.4 is 10.1 Å². The third-order valence-corrected chi connectivity index (χ3v) is 3.40. The van der Waals surface area contributed by atoms with Gasteiger partial charge in [-0.15, -0.1) is 0 Å². The van der Waals surface area contributed by atoms with Crippen molar-refractivity contribution >= 4 is 5.82 Å². The fourth-order valence-corrected chi connectivity index (χ4v) is 2.51. The number of hydrogen-bond acceptors (Lipinski definition) is 4. The molecular weight excluding hydrogens is 283 g/mol. The second-order valence-electron chi connectivity index (χ2n) is 5.17. The quantitative estimate of drug-likeness (QED) is 0.877. The van der Waals surface area contributed by atoms with Gasteiger partial charge in [-0.2, -0.15) is 13.2 Å². The second-order valence-corrected chi connectivity index (χ2v) is 5.17. The van der Waals surface area contributed by atoms with Crippen molar-refractivity contribution in [3.05, 3.63) is 18.3 Å². The molecule has 0 aromatic carbocycles. The highest BCUT2D eigenvalue weighted by Crippen LogP contribution is 2.25. The van der Waals surface area contributed by atoms with Gasteiger partial charge in [0.1, 0.15) is 0 Å². The molecule has 0 aliphatic carbocycles. The minimum absolute atomic E-state index is 0.198. The Balaban J connectivity index is 1.82. The van der Waals surface area contributed by atoms with Crippen LogP contribution in [0, 0.1) is 5.92 Å². The van der Waals surface area contributed by atoms with Crippen LogP contribution in [0.3, 0.4) is 0 Å². The van der Waals surface area contributed by atoms with Crippen molar-refractivity contribution in [2.45, 2.75) is 19.5 Å². The number of rotatable bonds is 6. The van der Waals surface area contributed by atoms with Gasteiger partial charge in [-0.1, -0.05) is 0 Å². The molecule has 1 atom stereocenters. The zero-order chi connectivity index (χ0) is 15.3. The minimum Gasteiger partial charge on any atom is -0.490 e. The van der Waals surface area contributed by atoms with Crippen LogP contribution in [0.2, 0.25) is 0 Å². The van der Waals surface area contributed by atoms with Crippen molar-refractivity contribution in [3.8, 4) is 5.75 Å². The van der Waals surface area contributed by atoms with Crippen molar-refractivity contribution in [1.82, 2.24) is 9.88 Å². The van der Waals surface area contributed by atoms with Gasteiger partial charge in [-0.25, -0.2) is 4.98 Å². The molecule has 1 aromatic heterocycles. The fraction of sp³-hybridized carbons (Fsp3) is 0.643. The van der Waals surface area contributed by atoms with Gasteiger partial charge in [0.05, 0.1) is 13.2 Å². The number of halogens is 3. The maximum absolute atomic E-state index is 12.3. The number of likely N-dealkylation sites (tertiary alicyclic amines) is 1. The van der Waals surface area contributed by atoms with Gasteiger partial charge >= 0.3 is 6.18 Å². The normalized spacial score (nSPS) is 19.7. The Bertz CT molecular complexity index is 453. The van der Waals surface area contributed by atoms with E-state index in [0.29, 0.717) is 37.8 Å². The number of nitrogens with one attached hydrogen (secondary N) is 1. The molecule has 1 unspecified atom stereocenters. The van der Waals surface area contributed by atoms with E-state index in [9.17, 15) is 13.2 Å². The molecule has 1 aliphatic heterocycles. The summed E-state index contributed by atoms with van der Waals surface area (Å²) < 4.78 is 42.5. The van der Waals surface area contributed by atoms with Crippen LogP contribution in [-0.2, 0) is 0 Å². The molecule has 21 heavy (non-hydrogen) atoms. The highest BCUT2D eigenvalue weighted by Gasteiger charge is 2.34. The largest absolute Gasteiger partial charge is 0.490 e. The molecule has 0 spiro atoms. The summed E-state index contributed by atoms with van der Waals surface area (Å²) >= 11 is 0. The lowest BCUT2D eigenvalue weighted by Gasteiger charge is -2.18. The molecule has 0 amide bonds. The molecule has 2 rings (SSSR count). The van der Waals surface area contributed by atoms with E-state index in [0.717, 1.165) is 6.42 Å². The average molecular weight is 303 g/mol. The molecule has 7 heteroatoms. The molecule has 1 fully saturated rings. The van der Waals surface area contributed by atoms with Gasteiger partial charge < -0.3 is 10.1 Å². The lowest BCUT2D eigenvalue weighted by molar-refractivity contribution is -0.143.